The van der Waals surface area contributed by atoms with Crippen molar-refractivity contribution in [1.82, 2.24) is 6.15 Å². The number of rotatable bonds is 12. The summed E-state index contributed by atoms with van der Waals surface area (Å²) in [6, 6.07) is 0. The third kappa shape index (κ3) is 23.8. The summed E-state index contributed by atoms with van der Waals surface area (Å²) in [6.07, 6.45) is 11.9. The van der Waals surface area contributed by atoms with Gasteiger partial charge in [-0.1, -0.05) is 64.7 Å². The van der Waals surface area contributed by atoms with Gasteiger partial charge in [0.05, 0.1) is 6.61 Å². The molecule has 0 aromatic rings. The van der Waals surface area contributed by atoms with Crippen LogP contribution in [0.2, 0.25) is 0 Å². The molecule has 0 atom stereocenters. The van der Waals surface area contributed by atoms with Crippen LogP contribution in [-0.2, 0) is 14.6 Å². The van der Waals surface area contributed by atoms with E-state index in [0.717, 1.165) is 12.8 Å². The predicted molar refractivity (Wildman–Crippen MR) is 80.1 cm³/mol. The third-order valence-corrected chi connectivity index (χ3v) is 3.19. The minimum absolute atomic E-state index is 0. The molecule has 0 aliphatic heterocycles. The van der Waals surface area contributed by atoms with Gasteiger partial charge in [-0.15, -0.1) is 0 Å². The smallest absolute Gasteiger partial charge is 0.344 e. The first-order valence-corrected chi connectivity index (χ1v) is 8.04. The van der Waals surface area contributed by atoms with Crippen molar-refractivity contribution in [3.8, 4) is 0 Å². The highest BCUT2D eigenvalue weighted by Crippen LogP contribution is 2.10. The molecule has 3 radical (unpaired) electrons. The molecule has 0 rings (SSSR count). The summed E-state index contributed by atoms with van der Waals surface area (Å²) in [5.74, 6) is 0. The molecule has 4 N–H and O–H groups in total. The van der Waals surface area contributed by atoms with E-state index >= 15 is 0 Å². The molecule has 115 valence electrons. The lowest BCUT2D eigenvalue weighted by Gasteiger charge is -2.02. The third-order valence-electron chi connectivity index (χ3n) is 2.73. The molecule has 0 fully saturated rings. The number of hydrogen-bond donors (Lipinski definition) is 2. The zero-order valence-corrected chi connectivity index (χ0v) is 14.1. The Bertz CT molecular complexity index is 260. The van der Waals surface area contributed by atoms with E-state index in [4.69, 9.17) is 4.55 Å². The molecule has 0 aromatic heterocycles. The fourth-order valence-electron chi connectivity index (χ4n) is 1.75. The second-order valence-electron chi connectivity index (χ2n) is 4.43. The monoisotopic (exact) mass is 310 g/mol. The fraction of sp³-hybridized carbons (Fsp3) is 1.00. The maximum Gasteiger partial charge on any atom is 0.397 e. The largest absolute Gasteiger partial charge is 0.397 e. The highest BCUT2D eigenvalue weighted by molar-refractivity contribution is 7.80. The lowest BCUT2D eigenvalue weighted by atomic mass is 10.1. The van der Waals surface area contributed by atoms with E-state index in [2.05, 4.69) is 11.1 Å². The van der Waals surface area contributed by atoms with Crippen molar-refractivity contribution in [3.63, 3.8) is 0 Å². The van der Waals surface area contributed by atoms with E-state index in [9.17, 15) is 8.42 Å². The van der Waals surface area contributed by atoms with Gasteiger partial charge < -0.3 is 6.15 Å². The van der Waals surface area contributed by atoms with E-state index in [0.29, 0.717) is 6.42 Å². The van der Waals surface area contributed by atoms with E-state index in [1.165, 1.54) is 44.9 Å². The molecule has 0 spiro atoms. The number of hydrogen-bond acceptors (Lipinski definition) is 4. The molecule has 0 heterocycles. The lowest BCUT2D eigenvalue weighted by Crippen LogP contribution is -2.04. The van der Waals surface area contributed by atoms with Gasteiger partial charge in [0, 0.05) is 17.4 Å². The molecule has 0 saturated carbocycles. The molecule has 0 aromatic carbocycles. The average Bonchev–Trinajstić information content (AvgIpc) is 2.24. The Kier molecular flexibility index (Phi) is 21.1. The van der Waals surface area contributed by atoms with E-state index in [1.54, 1.807) is 0 Å². The summed E-state index contributed by atoms with van der Waals surface area (Å²) >= 11 is 0. The quantitative estimate of drug-likeness (QED) is 0.326. The fourth-order valence-corrected chi connectivity index (χ4v) is 2.08. The number of unbranched alkanes of at least 4 members (excludes halogenated alkanes) is 9. The zero-order valence-electron chi connectivity index (χ0n) is 12.1. The van der Waals surface area contributed by atoms with Crippen molar-refractivity contribution < 1.29 is 17.2 Å². The van der Waals surface area contributed by atoms with Gasteiger partial charge in [-0.2, -0.15) is 8.42 Å². The average molecular weight is 310 g/mol. The van der Waals surface area contributed by atoms with Gasteiger partial charge in [0.25, 0.3) is 0 Å². The normalized spacial score (nSPS) is 10.6. The van der Waals surface area contributed by atoms with Crippen LogP contribution in [-0.4, -0.2) is 36.9 Å². The first-order valence-electron chi connectivity index (χ1n) is 6.68. The molecule has 0 unspecified atom stereocenters. The Labute approximate surface area is 129 Å². The Morgan fingerprint density at radius 3 is 1.58 bits per heavy atom. The predicted octanol–water partition coefficient (Wildman–Crippen LogP) is 3.51. The van der Waals surface area contributed by atoms with Gasteiger partial charge in [0.2, 0.25) is 0 Å². The van der Waals surface area contributed by atoms with Gasteiger partial charge in [-0.05, 0) is 6.42 Å². The van der Waals surface area contributed by atoms with Crippen molar-refractivity contribution in [2.45, 2.75) is 71.1 Å². The van der Waals surface area contributed by atoms with Gasteiger partial charge >= 0.3 is 10.4 Å². The second kappa shape index (κ2) is 16.4. The van der Waals surface area contributed by atoms with E-state index in [-0.39, 0.29) is 30.1 Å². The second-order valence-corrected chi connectivity index (χ2v) is 5.52. The minimum atomic E-state index is -4.23. The van der Waals surface area contributed by atoms with Gasteiger partial charge in [0.1, 0.15) is 0 Å². The van der Waals surface area contributed by atoms with Crippen LogP contribution in [0.15, 0.2) is 0 Å². The SMILES string of the molecule is CCCCCCCCCCCCOS(=O)(=O)O.N.[Al]. The van der Waals surface area contributed by atoms with Crippen LogP contribution in [0.1, 0.15) is 71.1 Å². The molecule has 19 heavy (non-hydrogen) atoms. The molecule has 0 bridgehead atoms. The van der Waals surface area contributed by atoms with Crippen LogP contribution >= 0.6 is 0 Å². The van der Waals surface area contributed by atoms with Gasteiger partial charge in [-0.3, -0.25) is 4.55 Å². The summed E-state index contributed by atoms with van der Waals surface area (Å²) in [4.78, 5) is 0. The Morgan fingerprint density at radius 2 is 1.21 bits per heavy atom. The summed E-state index contributed by atoms with van der Waals surface area (Å²) < 4.78 is 33.0. The minimum Gasteiger partial charge on any atom is -0.344 e. The van der Waals surface area contributed by atoms with Crippen LogP contribution < -0.4 is 6.15 Å². The maximum absolute atomic E-state index is 10.2. The summed E-state index contributed by atoms with van der Waals surface area (Å²) in [5, 5.41) is 0. The molecule has 0 aliphatic rings. The Morgan fingerprint density at radius 1 is 0.842 bits per heavy atom. The molecule has 0 saturated heterocycles. The van der Waals surface area contributed by atoms with Crippen molar-refractivity contribution in [3.05, 3.63) is 0 Å². The Hall–Kier alpha value is 0.362. The molecular weight excluding hydrogens is 281 g/mol. The van der Waals surface area contributed by atoms with Crippen LogP contribution in [0.25, 0.3) is 0 Å². The highest BCUT2D eigenvalue weighted by Gasteiger charge is 2.02. The van der Waals surface area contributed by atoms with Crippen LogP contribution in [0.3, 0.4) is 0 Å². The van der Waals surface area contributed by atoms with Crippen LogP contribution in [0.4, 0.5) is 0 Å². The highest BCUT2D eigenvalue weighted by atomic mass is 32.3. The standard InChI is InChI=1S/C12H26O4S.Al.H3N/c1-2-3-4-5-6-7-8-9-10-11-12-16-17(13,14)15;;/h2-12H2,1H3,(H,13,14,15);;1H3. The topological polar surface area (TPSA) is 98.6 Å². The molecule has 7 heteroatoms. The summed E-state index contributed by atoms with van der Waals surface area (Å²) in [6.45, 7) is 2.31. The first kappa shape index (κ1) is 24.4. The lowest BCUT2D eigenvalue weighted by molar-refractivity contribution is 0.261. The maximum atomic E-state index is 10.2. The summed E-state index contributed by atoms with van der Waals surface area (Å²) in [5.41, 5.74) is 0. The van der Waals surface area contributed by atoms with E-state index in [1.807, 2.05) is 0 Å². The summed E-state index contributed by atoms with van der Waals surface area (Å²) in [7, 11) is -4.23. The van der Waals surface area contributed by atoms with Gasteiger partial charge in [-0.25, -0.2) is 4.18 Å². The van der Waals surface area contributed by atoms with Crippen molar-refractivity contribution >= 4 is 27.8 Å². The zero-order chi connectivity index (χ0) is 13.0. The van der Waals surface area contributed by atoms with Crippen molar-refractivity contribution in [2.75, 3.05) is 6.61 Å². The Balaban J connectivity index is -0.00000128. The first-order chi connectivity index (χ1) is 8.06. The molecule has 0 aliphatic carbocycles. The molecule has 5 nitrogen and oxygen atoms in total. The molecular formula is C12H29AlNO4S. The van der Waals surface area contributed by atoms with Crippen molar-refractivity contribution in [1.29, 1.82) is 0 Å². The molecule has 0 amide bonds. The van der Waals surface area contributed by atoms with Crippen LogP contribution in [0.5, 0.6) is 0 Å². The van der Waals surface area contributed by atoms with Crippen LogP contribution in [0, 0.1) is 0 Å². The van der Waals surface area contributed by atoms with E-state index < -0.39 is 10.4 Å². The van der Waals surface area contributed by atoms with Gasteiger partial charge in [0.15, 0.2) is 0 Å². The van der Waals surface area contributed by atoms with Crippen molar-refractivity contribution in [2.24, 2.45) is 0 Å².